The minimum atomic E-state index is -1.86. The van der Waals surface area contributed by atoms with E-state index in [1.54, 1.807) is 50.7 Å². The summed E-state index contributed by atoms with van der Waals surface area (Å²) in [6.45, 7) is 15.6. The van der Waals surface area contributed by atoms with Gasteiger partial charge in [0.05, 0.1) is 48.7 Å². The van der Waals surface area contributed by atoms with Gasteiger partial charge in [0.1, 0.15) is 29.6 Å². The van der Waals surface area contributed by atoms with Crippen LogP contribution >= 0.6 is 0 Å². The number of fused-ring (bicyclic) bond motifs is 4. The number of rotatable bonds is 10. The molecule has 0 saturated carbocycles. The monoisotopic (exact) mass is 865 g/mol. The van der Waals surface area contributed by atoms with E-state index in [4.69, 9.17) is 34.9 Å². The standard InChI is InChI=1S/C46H67N5O11/c1-12-14-21-50(11)36-23-28(4)59-44(40(36)54)61-41-30(6)39(53)31(7)43(55)60-37(13-2)46(10,56)42-29(5)38(48-32(8)52)27(3)24-45(41,9)58-26-33(25-57-42)49-62-35-18-16-34(17-19-35)51-22-15-20-47-51/h1,15-20,22,27-28,30-31,36-37,39-42,44,53-54,56H,13-14,21,23-26H2,2-11H3,(H,48,52)/b38-29+,49-33?/t27-,28-,30+,31-,36+,37-,39+,40-,41-,42-,44?,45-,46-/m1/s1. The first-order valence-corrected chi connectivity index (χ1v) is 21.6. The van der Waals surface area contributed by atoms with Crippen molar-refractivity contribution in [2.24, 2.45) is 22.9 Å². The van der Waals surface area contributed by atoms with E-state index in [9.17, 15) is 24.9 Å². The van der Waals surface area contributed by atoms with Gasteiger partial charge < -0.3 is 49.2 Å². The summed E-state index contributed by atoms with van der Waals surface area (Å²) >= 11 is 0. The van der Waals surface area contributed by atoms with Gasteiger partial charge in [0, 0.05) is 49.9 Å². The largest absolute Gasteiger partial charge is 0.459 e. The molecule has 62 heavy (non-hydrogen) atoms. The van der Waals surface area contributed by atoms with Gasteiger partial charge in [-0.05, 0) is 103 Å². The summed E-state index contributed by atoms with van der Waals surface area (Å²) in [5.41, 5.74) is -1.18. The minimum absolute atomic E-state index is 0.166. The summed E-state index contributed by atoms with van der Waals surface area (Å²) in [6, 6.07) is 8.61. The fourth-order valence-corrected chi connectivity index (χ4v) is 9.12. The molecule has 13 atom stereocenters. The van der Waals surface area contributed by atoms with Crippen molar-refractivity contribution in [2.45, 2.75) is 148 Å². The van der Waals surface area contributed by atoms with Crippen LogP contribution in [0.5, 0.6) is 5.75 Å². The zero-order chi connectivity index (χ0) is 45.5. The third-order valence-corrected chi connectivity index (χ3v) is 12.6. The lowest BCUT2D eigenvalue weighted by Gasteiger charge is -2.48. The molecule has 3 aliphatic rings. The second-order valence-corrected chi connectivity index (χ2v) is 17.7. The molecule has 16 heteroatoms. The maximum absolute atomic E-state index is 14.0. The average molecular weight is 866 g/mol. The van der Waals surface area contributed by atoms with Crippen LogP contribution in [0.1, 0.15) is 88.0 Å². The molecule has 2 bridgehead atoms. The van der Waals surface area contributed by atoms with Crippen molar-refractivity contribution < 1.29 is 53.4 Å². The molecular weight excluding hydrogens is 799 g/mol. The molecule has 1 saturated heterocycles. The van der Waals surface area contributed by atoms with Gasteiger partial charge in [-0.2, -0.15) is 5.10 Å². The van der Waals surface area contributed by atoms with Crippen molar-refractivity contribution >= 4 is 17.6 Å². The first-order valence-electron chi connectivity index (χ1n) is 21.6. The lowest BCUT2D eigenvalue weighted by atomic mass is 9.76. The number of aliphatic hydroxyl groups excluding tert-OH is 2. The van der Waals surface area contributed by atoms with Crippen LogP contribution in [0.2, 0.25) is 0 Å². The summed E-state index contributed by atoms with van der Waals surface area (Å²) in [7, 11) is 1.89. The zero-order valence-electron chi connectivity index (χ0n) is 37.8. The Kier molecular flexibility index (Phi) is 16.5. The molecule has 0 spiro atoms. The molecule has 1 aromatic carbocycles. The quantitative estimate of drug-likeness (QED) is 0.151. The highest BCUT2D eigenvalue weighted by atomic mass is 16.7. The Balaban J connectivity index is 1.67. The average Bonchev–Trinajstić information content (AvgIpc) is 3.78. The summed E-state index contributed by atoms with van der Waals surface area (Å²) in [5, 5.41) is 48.3. The number of cyclic esters (lactones) is 1. The highest BCUT2D eigenvalue weighted by Crippen LogP contribution is 2.41. The number of esters is 1. The van der Waals surface area contributed by atoms with Crippen LogP contribution < -0.4 is 10.2 Å². The summed E-state index contributed by atoms with van der Waals surface area (Å²) < 4.78 is 34.6. The van der Waals surface area contributed by atoms with E-state index in [0.717, 1.165) is 5.69 Å². The first-order chi connectivity index (χ1) is 29.3. The van der Waals surface area contributed by atoms with Gasteiger partial charge >= 0.3 is 5.97 Å². The van der Waals surface area contributed by atoms with Crippen LogP contribution in [0.3, 0.4) is 0 Å². The van der Waals surface area contributed by atoms with Gasteiger partial charge in [-0.25, -0.2) is 4.68 Å². The molecule has 4 N–H and O–H groups in total. The van der Waals surface area contributed by atoms with Crippen molar-refractivity contribution in [1.29, 1.82) is 0 Å². The Morgan fingerprint density at radius 2 is 1.85 bits per heavy atom. The smallest absolute Gasteiger partial charge is 0.311 e. The Morgan fingerprint density at radius 1 is 1.15 bits per heavy atom. The van der Waals surface area contributed by atoms with Crippen molar-refractivity contribution in [2.75, 3.05) is 26.8 Å². The predicted molar refractivity (Wildman–Crippen MR) is 231 cm³/mol. The van der Waals surface area contributed by atoms with Crippen LogP contribution in [-0.2, 0) is 33.3 Å². The van der Waals surface area contributed by atoms with E-state index >= 15 is 0 Å². The van der Waals surface area contributed by atoms with Crippen molar-refractivity contribution in [3.63, 3.8) is 0 Å². The van der Waals surface area contributed by atoms with E-state index in [1.165, 1.54) is 13.8 Å². The highest BCUT2D eigenvalue weighted by Gasteiger charge is 2.52. The molecule has 342 valence electrons. The van der Waals surface area contributed by atoms with E-state index in [1.807, 2.05) is 57.1 Å². The Labute approximate surface area is 365 Å². The van der Waals surface area contributed by atoms with Crippen LogP contribution in [0, 0.1) is 30.1 Å². The Bertz CT molecular complexity index is 1910. The fourth-order valence-electron chi connectivity index (χ4n) is 9.12. The second-order valence-electron chi connectivity index (χ2n) is 17.7. The molecule has 1 unspecified atom stereocenters. The number of aliphatic hydroxyl groups is 3. The lowest BCUT2D eigenvalue weighted by Crippen LogP contribution is -2.60. The molecule has 3 aliphatic heterocycles. The first kappa shape index (κ1) is 48.8. The molecule has 0 aliphatic carbocycles. The number of carbonyl (C=O) groups is 2. The normalized spacial score (nSPS) is 37.1. The number of ether oxygens (including phenoxy) is 5. The number of carbonyl (C=O) groups excluding carboxylic acids is 2. The van der Waals surface area contributed by atoms with E-state index in [-0.39, 0.29) is 49.8 Å². The Morgan fingerprint density at radius 3 is 2.48 bits per heavy atom. The van der Waals surface area contributed by atoms with Gasteiger partial charge in [-0.15, -0.1) is 12.3 Å². The van der Waals surface area contributed by atoms with Crippen molar-refractivity contribution in [3.8, 4) is 23.8 Å². The Hall–Kier alpha value is -4.18. The summed E-state index contributed by atoms with van der Waals surface area (Å²) in [4.78, 5) is 34.9. The third-order valence-electron chi connectivity index (χ3n) is 12.6. The molecule has 5 rings (SSSR count). The third kappa shape index (κ3) is 11.3. The lowest BCUT2D eigenvalue weighted by molar-refractivity contribution is -0.303. The maximum atomic E-state index is 14.0. The molecule has 1 fully saturated rings. The number of allylic oxidation sites excluding steroid dienone is 1. The zero-order valence-corrected chi connectivity index (χ0v) is 37.8. The topological polar surface area (TPSA) is 196 Å². The molecular formula is C46H67N5O11. The van der Waals surface area contributed by atoms with E-state index < -0.39 is 71.7 Å². The molecule has 1 amide bonds. The highest BCUT2D eigenvalue weighted by molar-refractivity contribution is 5.86. The number of aromatic nitrogens is 2. The number of nitrogens with zero attached hydrogens (tertiary/aromatic N) is 4. The van der Waals surface area contributed by atoms with Crippen LogP contribution in [0.15, 0.2) is 59.2 Å². The number of nitrogens with one attached hydrogen (secondary N) is 1. The second kappa shape index (κ2) is 21.0. The van der Waals surface area contributed by atoms with Crippen LogP contribution in [0.4, 0.5) is 0 Å². The number of terminal acetylenes is 1. The molecule has 2 aromatic rings. The van der Waals surface area contributed by atoms with Gasteiger partial charge in [-0.3, -0.25) is 14.5 Å². The van der Waals surface area contributed by atoms with Crippen molar-refractivity contribution in [3.05, 3.63) is 54.0 Å². The van der Waals surface area contributed by atoms with Gasteiger partial charge in [0.2, 0.25) is 5.91 Å². The van der Waals surface area contributed by atoms with E-state index in [0.29, 0.717) is 36.4 Å². The maximum Gasteiger partial charge on any atom is 0.311 e. The summed E-state index contributed by atoms with van der Waals surface area (Å²) in [5.74, 6) is -0.468. The number of likely N-dealkylation sites (N-methyl/N-ethyl adjacent to an activating group) is 1. The van der Waals surface area contributed by atoms with Gasteiger partial charge in [0.25, 0.3) is 0 Å². The molecule has 0 radical (unpaired) electrons. The number of benzene rings is 1. The number of oxime groups is 1. The van der Waals surface area contributed by atoms with Crippen molar-refractivity contribution in [1.82, 2.24) is 20.0 Å². The molecule has 16 nitrogen and oxygen atoms in total. The van der Waals surface area contributed by atoms with E-state index in [2.05, 4.69) is 21.5 Å². The van der Waals surface area contributed by atoms with Gasteiger partial charge in [-0.1, -0.05) is 25.9 Å². The number of amides is 1. The number of hydrogen-bond acceptors (Lipinski definition) is 14. The molecule has 1 aromatic heterocycles. The molecule has 4 heterocycles. The predicted octanol–water partition coefficient (Wildman–Crippen LogP) is 4.14. The van der Waals surface area contributed by atoms with Crippen LogP contribution in [-0.4, -0.2) is 135 Å². The SMILES string of the molecule is C#CCCN(C)[C@H]1C[C@@H](C)OC(O[C@@H]2[C@@H](C)[C@H](O)[C@@H](C)C(=O)O[C@H](CC)[C@@](C)(O)[C@@H]3OCC(=NOc4ccc(-n5cccn5)cc4)CO[C@]2(C)C[C@@H](C)/C(NC(C)=O)=C\3C)[C@@H]1O. The summed E-state index contributed by atoms with van der Waals surface area (Å²) in [6.07, 6.45) is 3.08. The van der Waals surface area contributed by atoms with Crippen LogP contribution in [0.25, 0.3) is 5.69 Å². The fraction of sp³-hybridized carbons (Fsp3) is 0.652. The number of hydrogen-bond donors (Lipinski definition) is 4. The minimum Gasteiger partial charge on any atom is -0.459 e. The van der Waals surface area contributed by atoms with Gasteiger partial charge in [0.15, 0.2) is 12.0 Å².